The lowest BCUT2D eigenvalue weighted by molar-refractivity contribution is 0.583. The lowest BCUT2D eigenvalue weighted by Crippen LogP contribution is -2.10. The minimum absolute atomic E-state index is 0.00371. The minimum Gasteiger partial charge on any atom is -0.366 e. The predicted octanol–water partition coefficient (Wildman–Crippen LogP) is 3.95. The summed E-state index contributed by atoms with van der Waals surface area (Å²) in [6.07, 6.45) is 0. The first kappa shape index (κ1) is 13.0. The first-order chi connectivity index (χ1) is 9.10. The van der Waals surface area contributed by atoms with Crippen LogP contribution in [0.2, 0.25) is 0 Å². The van der Waals surface area contributed by atoms with Crippen LogP contribution in [0.15, 0.2) is 42.5 Å². The van der Waals surface area contributed by atoms with Crippen molar-refractivity contribution < 1.29 is 8.78 Å². The summed E-state index contributed by atoms with van der Waals surface area (Å²) in [4.78, 5) is 0. The molecule has 0 saturated carbocycles. The fourth-order valence-corrected chi connectivity index (χ4v) is 1.82. The van der Waals surface area contributed by atoms with Crippen LogP contribution in [0.5, 0.6) is 0 Å². The zero-order valence-corrected chi connectivity index (χ0v) is 10.3. The fourth-order valence-electron chi connectivity index (χ4n) is 1.82. The molecule has 4 heteroatoms. The molecule has 0 fully saturated rings. The Bertz CT molecular complexity index is 632. The second kappa shape index (κ2) is 5.49. The van der Waals surface area contributed by atoms with Crippen LogP contribution in [-0.2, 0) is 0 Å². The topological polar surface area (TPSA) is 35.8 Å². The molecule has 2 aromatic carbocycles. The zero-order chi connectivity index (χ0) is 13.8. The summed E-state index contributed by atoms with van der Waals surface area (Å²) in [5.74, 6) is -1.17. The molecule has 0 heterocycles. The Labute approximate surface area is 110 Å². The van der Waals surface area contributed by atoms with Crippen molar-refractivity contribution in [3.63, 3.8) is 0 Å². The van der Waals surface area contributed by atoms with Crippen molar-refractivity contribution in [2.75, 3.05) is 5.32 Å². The van der Waals surface area contributed by atoms with Gasteiger partial charge in [0.1, 0.15) is 17.7 Å². The van der Waals surface area contributed by atoms with E-state index in [0.29, 0.717) is 5.69 Å². The molecule has 0 aliphatic carbocycles. The number of aryl methyl sites for hydroxylation is 1. The second-order valence-corrected chi connectivity index (χ2v) is 4.24. The predicted molar refractivity (Wildman–Crippen MR) is 69.5 cm³/mol. The summed E-state index contributed by atoms with van der Waals surface area (Å²) in [6.45, 7) is 1.91. The summed E-state index contributed by atoms with van der Waals surface area (Å²) < 4.78 is 26.8. The molecular formula is C15H12F2N2. The number of nitriles is 1. The molecule has 0 saturated heterocycles. The molecule has 0 bridgehead atoms. The van der Waals surface area contributed by atoms with Crippen molar-refractivity contribution in [3.8, 4) is 6.07 Å². The molecule has 2 aromatic rings. The SMILES string of the molecule is Cc1cccc(NC(C#N)c2cc(F)ccc2F)c1. The lowest BCUT2D eigenvalue weighted by Gasteiger charge is -2.14. The molecule has 1 unspecified atom stereocenters. The number of hydrogen-bond donors (Lipinski definition) is 1. The van der Waals surface area contributed by atoms with E-state index in [-0.39, 0.29) is 5.56 Å². The number of nitrogens with zero attached hydrogens (tertiary/aromatic N) is 1. The second-order valence-electron chi connectivity index (χ2n) is 4.24. The maximum Gasteiger partial charge on any atom is 0.143 e. The van der Waals surface area contributed by atoms with Gasteiger partial charge in [0.25, 0.3) is 0 Å². The highest BCUT2D eigenvalue weighted by atomic mass is 19.1. The van der Waals surface area contributed by atoms with Gasteiger partial charge in [0, 0.05) is 11.3 Å². The zero-order valence-electron chi connectivity index (χ0n) is 10.3. The van der Waals surface area contributed by atoms with E-state index in [1.54, 1.807) is 6.07 Å². The Morgan fingerprint density at radius 2 is 1.95 bits per heavy atom. The summed E-state index contributed by atoms with van der Waals surface area (Å²) >= 11 is 0. The van der Waals surface area contributed by atoms with Crippen LogP contribution in [0.4, 0.5) is 14.5 Å². The van der Waals surface area contributed by atoms with Crippen LogP contribution in [-0.4, -0.2) is 0 Å². The van der Waals surface area contributed by atoms with Crippen LogP contribution in [0.25, 0.3) is 0 Å². The smallest absolute Gasteiger partial charge is 0.143 e. The highest BCUT2D eigenvalue weighted by Crippen LogP contribution is 2.23. The van der Waals surface area contributed by atoms with E-state index >= 15 is 0 Å². The van der Waals surface area contributed by atoms with Gasteiger partial charge in [-0.25, -0.2) is 8.78 Å². The van der Waals surface area contributed by atoms with Gasteiger partial charge in [-0.1, -0.05) is 12.1 Å². The molecule has 2 rings (SSSR count). The van der Waals surface area contributed by atoms with E-state index in [9.17, 15) is 8.78 Å². The standard InChI is InChI=1S/C15H12F2N2/c1-10-3-2-4-12(7-10)19-15(9-18)13-8-11(16)5-6-14(13)17/h2-8,15,19H,1H3. The Morgan fingerprint density at radius 3 is 2.63 bits per heavy atom. The maximum atomic E-state index is 13.6. The van der Waals surface area contributed by atoms with Crippen molar-refractivity contribution in [1.82, 2.24) is 0 Å². The number of hydrogen-bond acceptors (Lipinski definition) is 2. The summed E-state index contributed by atoms with van der Waals surface area (Å²) in [5.41, 5.74) is 1.71. The largest absolute Gasteiger partial charge is 0.366 e. The number of anilines is 1. The molecule has 0 aromatic heterocycles. The molecule has 0 amide bonds. The molecule has 0 aliphatic rings. The Kier molecular flexibility index (Phi) is 3.76. The fraction of sp³-hybridized carbons (Fsp3) is 0.133. The van der Waals surface area contributed by atoms with Gasteiger partial charge < -0.3 is 5.32 Å². The molecule has 0 aliphatic heterocycles. The Morgan fingerprint density at radius 1 is 1.16 bits per heavy atom. The van der Waals surface area contributed by atoms with Crippen molar-refractivity contribution in [2.24, 2.45) is 0 Å². The van der Waals surface area contributed by atoms with E-state index in [1.807, 2.05) is 31.2 Å². The molecule has 0 spiro atoms. The van der Waals surface area contributed by atoms with Gasteiger partial charge in [0.05, 0.1) is 6.07 Å². The maximum absolute atomic E-state index is 13.6. The lowest BCUT2D eigenvalue weighted by atomic mass is 10.1. The van der Waals surface area contributed by atoms with Crippen LogP contribution in [0, 0.1) is 29.9 Å². The average Bonchev–Trinajstić information content (AvgIpc) is 2.39. The van der Waals surface area contributed by atoms with Gasteiger partial charge in [0.15, 0.2) is 0 Å². The van der Waals surface area contributed by atoms with Gasteiger partial charge in [-0.3, -0.25) is 0 Å². The summed E-state index contributed by atoms with van der Waals surface area (Å²) in [6, 6.07) is 11.4. The van der Waals surface area contributed by atoms with Crippen molar-refractivity contribution in [2.45, 2.75) is 13.0 Å². The summed E-state index contributed by atoms with van der Waals surface area (Å²) in [7, 11) is 0. The quantitative estimate of drug-likeness (QED) is 0.904. The van der Waals surface area contributed by atoms with Crippen LogP contribution in [0.3, 0.4) is 0 Å². The molecule has 0 radical (unpaired) electrons. The third-order valence-electron chi connectivity index (χ3n) is 2.73. The molecule has 1 atom stereocenters. The van der Waals surface area contributed by atoms with Gasteiger partial charge >= 0.3 is 0 Å². The third kappa shape index (κ3) is 3.08. The van der Waals surface area contributed by atoms with E-state index in [2.05, 4.69) is 5.32 Å². The first-order valence-electron chi connectivity index (χ1n) is 5.78. The first-order valence-corrected chi connectivity index (χ1v) is 5.78. The molecule has 96 valence electrons. The van der Waals surface area contributed by atoms with Gasteiger partial charge in [-0.15, -0.1) is 0 Å². The average molecular weight is 258 g/mol. The van der Waals surface area contributed by atoms with Gasteiger partial charge in [-0.2, -0.15) is 5.26 Å². The van der Waals surface area contributed by atoms with Gasteiger partial charge in [-0.05, 0) is 42.8 Å². The highest BCUT2D eigenvalue weighted by molar-refractivity contribution is 5.49. The number of nitrogens with one attached hydrogen (secondary N) is 1. The third-order valence-corrected chi connectivity index (χ3v) is 2.73. The monoisotopic (exact) mass is 258 g/mol. The van der Waals surface area contributed by atoms with Crippen LogP contribution in [0.1, 0.15) is 17.2 Å². The van der Waals surface area contributed by atoms with E-state index in [1.165, 1.54) is 0 Å². The number of benzene rings is 2. The van der Waals surface area contributed by atoms with E-state index in [4.69, 9.17) is 5.26 Å². The van der Waals surface area contributed by atoms with Gasteiger partial charge in [0.2, 0.25) is 0 Å². The molecular weight excluding hydrogens is 246 g/mol. The number of halogens is 2. The highest BCUT2D eigenvalue weighted by Gasteiger charge is 2.16. The van der Waals surface area contributed by atoms with Crippen molar-refractivity contribution >= 4 is 5.69 Å². The van der Waals surface area contributed by atoms with E-state index < -0.39 is 17.7 Å². The Hall–Kier alpha value is -2.41. The normalized spacial score (nSPS) is 11.7. The van der Waals surface area contributed by atoms with E-state index in [0.717, 1.165) is 23.8 Å². The molecule has 2 nitrogen and oxygen atoms in total. The van der Waals surface area contributed by atoms with Crippen LogP contribution >= 0.6 is 0 Å². The van der Waals surface area contributed by atoms with Crippen molar-refractivity contribution in [3.05, 3.63) is 65.2 Å². The number of rotatable bonds is 3. The minimum atomic E-state index is -0.933. The van der Waals surface area contributed by atoms with Crippen LogP contribution < -0.4 is 5.32 Å². The molecule has 19 heavy (non-hydrogen) atoms. The summed E-state index contributed by atoms with van der Waals surface area (Å²) in [5, 5.41) is 12.0. The Balaban J connectivity index is 2.31. The molecule has 1 N–H and O–H groups in total. The van der Waals surface area contributed by atoms with Crippen molar-refractivity contribution in [1.29, 1.82) is 5.26 Å².